The fourth-order valence-corrected chi connectivity index (χ4v) is 4.32. The number of fused-ring (bicyclic) bond motifs is 2. The van der Waals surface area contributed by atoms with E-state index in [9.17, 15) is 4.39 Å². The predicted molar refractivity (Wildman–Crippen MR) is 124 cm³/mol. The van der Waals surface area contributed by atoms with Gasteiger partial charge in [-0.25, -0.2) is 18.4 Å². The average Bonchev–Trinajstić information content (AvgIpc) is 3.44. The topological polar surface area (TPSA) is 111 Å². The Morgan fingerprint density at radius 2 is 2.00 bits per heavy atom. The number of nitrogen functional groups attached to an aromatic ring is 1. The zero-order chi connectivity index (χ0) is 23.0. The first-order valence-corrected chi connectivity index (χ1v) is 11.1. The zero-order valence-corrected chi connectivity index (χ0v) is 18.8. The van der Waals surface area contributed by atoms with Crippen molar-refractivity contribution in [2.75, 3.05) is 44.4 Å². The Hall–Kier alpha value is -3.31. The summed E-state index contributed by atoms with van der Waals surface area (Å²) in [6.07, 6.45) is 6.53. The van der Waals surface area contributed by atoms with Gasteiger partial charge in [0.2, 0.25) is 5.95 Å². The summed E-state index contributed by atoms with van der Waals surface area (Å²) in [6.45, 7) is 5.37. The molecule has 0 saturated carbocycles. The third-order valence-corrected chi connectivity index (χ3v) is 6.25. The third-order valence-electron chi connectivity index (χ3n) is 6.25. The van der Waals surface area contributed by atoms with Gasteiger partial charge >= 0.3 is 0 Å². The molecule has 0 aromatic carbocycles. The number of ether oxygens (including phenoxy) is 1. The van der Waals surface area contributed by atoms with E-state index >= 15 is 0 Å². The predicted octanol–water partition coefficient (Wildman–Crippen LogP) is 2.27. The molecule has 6 rings (SSSR count). The Morgan fingerprint density at radius 1 is 1.18 bits per heavy atom. The van der Waals surface area contributed by atoms with Crippen LogP contribution in [-0.2, 0) is 4.74 Å². The molecule has 4 aromatic rings. The van der Waals surface area contributed by atoms with Crippen molar-refractivity contribution in [1.82, 2.24) is 34.1 Å². The number of alkyl halides is 1. The summed E-state index contributed by atoms with van der Waals surface area (Å²) in [4.78, 5) is 11.0. The van der Waals surface area contributed by atoms with Gasteiger partial charge in [0, 0.05) is 37.6 Å². The van der Waals surface area contributed by atoms with Crippen LogP contribution >= 0.6 is 0 Å². The van der Waals surface area contributed by atoms with Gasteiger partial charge in [-0.2, -0.15) is 10.1 Å². The Bertz CT molecular complexity index is 1270. The molecule has 0 radical (unpaired) electrons. The van der Waals surface area contributed by atoms with Gasteiger partial charge in [-0.05, 0) is 38.4 Å². The van der Waals surface area contributed by atoms with Crippen LogP contribution in [0.25, 0.3) is 22.4 Å². The van der Waals surface area contributed by atoms with Crippen molar-refractivity contribution in [3.8, 4) is 11.3 Å². The number of anilines is 2. The highest BCUT2D eigenvalue weighted by atomic mass is 19.1. The minimum Gasteiger partial charge on any atom is -0.382 e. The van der Waals surface area contributed by atoms with Crippen LogP contribution in [-0.4, -0.2) is 79.2 Å². The molecule has 11 heteroatoms. The Labute approximate surface area is 190 Å². The second-order valence-electron chi connectivity index (χ2n) is 8.72. The van der Waals surface area contributed by atoms with Crippen LogP contribution in [0.1, 0.15) is 19.8 Å². The summed E-state index contributed by atoms with van der Waals surface area (Å²) in [6, 6.07) is 5.66. The molecule has 2 aliphatic rings. The third kappa shape index (κ3) is 4.09. The SMILES string of the molecule is CC1(N2CCC[C@@H](F)C2)COC1.CNc1nc(N)c2c(-c3ccn4nccc4n3)ccn2n1. The van der Waals surface area contributed by atoms with Gasteiger partial charge in [0.25, 0.3) is 0 Å². The molecule has 0 unspecified atom stereocenters. The van der Waals surface area contributed by atoms with Crippen LogP contribution in [0, 0.1) is 0 Å². The molecule has 33 heavy (non-hydrogen) atoms. The maximum absolute atomic E-state index is 13.0. The van der Waals surface area contributed by atoms with Crippen molar-refractivity contribution in [3.63, 3.8) is 0 Å². The zero-order valence-electron chi connectivity index (χ0n) is 18.8. The highest BCUT2D eigenvalue weighted by molar-refractivity contribution is 5.86. The van der Waals surface area contributed by atoms with E-state index in [2.05, 4.69) is 37.3 Å². The summed E-state index contributed by atoms with van der Waals surface area (Å²) < 4.78 is 21.6. The van der Waals surface area contributed by atoms with E-state index in [1.165, 1.54) is 0 Å². The fourth-order valence-electron chi connectivity index (χ4n) is 4.32. The fraction of sp³-hybridized carbons (Fsp3) is 0.455. The summed E-state index contributed by atoms with van der Waals surface area (Å²) in [5.74, 6) is 0.880. The molecule has 10 nitrogen and oxygen atoms in total. The highest BCUT2D eigenvalue weighted by Crippen LogP contribution is 2.29. The molecular formula is C22H28FN9O. The maximum Gasteiger partial charge on any atom is 0.242 e. The van der Waals surface area contributed by atoms with Gasteiger partial charge < -0.3 is 15.8 Å². The van der Waals surface area contributed by atoms with Gasteiger partial charge in [-0.3, -0.25) is 4.90 Å². The summed E-state index contributed by atoms with van der Waals surface area (Å²) in [5, 5.41) is 11.3. The number of likely N-dealkylation sites (tertiary alicyclic amines) is 1. The average molecular weight is 454 g/mol. The number of rotatable bonds is 3. The molecule has 4 aromatic heterocycles. The lowest BCUT2D eigenvalue weighted by molar-refractivity contribution is -0.141. The van der Waals surface area contributed by atoms with Crippen molar-refractivity contribution in [2.24, 2.45) is 0 Å². The first-order chi connectivity index (χ1) is 16.0. The van der Waals surface area contributed by atoms with Gasteiger partial charge in [-0.1, -0.05) is 0 Å². The Morgan fingerprint density at radius 3 is 2.73 bits per heavy atom. The van der Waals surface area contributed by atoms with E-state index in [0.29, 0.717) is 18.3 Å². The van der Waals surface area contributed by atoms with E-state index < -0.39 is 6.17 Å². The number of nitrogens with two attached hydrogens (primary N) is 1. The minimum atomic E-state index is -0.615. The second-order valence-corrected chi connectivity index (χ2v) is 8.72. The first-order valence-electron chi connectivity index (χ1n) is 11.1. The normalized spacial score (nSPS) is 20.3. The molecule has 0 aliphatic carbocycles. The molecule has 2 aliphatic heterocycles. The molecule has 2 saturated heterocycles. The van der Waals surface area contributed by atoms with Gasteiger partial charge in [0.05, 0.1) is 30.6 Å². The largest absolute Gasteiger partial charge is 0.382 e. The number of nitrogens with zero attached hydrogens (tertiary/aromatic N) is 7. The molecule has 6 heterocycles. The lowest BCUT2D eigenvalue weighted by atomic mass is 9.94. The smallest absolute Gasteiger partial charge is 0.242 e. The molecular weight excluding hydrogens is 425 g/mol. The Kier molecular flexibility index (Phi) is 5.59. The molecule has 0 bridgehead atoms. The number of aromatic nitrogens is 6. The first kappa shape index (κ1) is 21.5. The quantitative estimate of drug-likeness (QED) is 0.486. The number of nitrogens with one attached hydrogen (secondary N) is 1. The van der Waals surface area contributed by atoms with Crippen LogP contribution in [0.15, 0.2) is 36.8 Å². The molecule has 0 spiro atoms. The van der Waals surface area contributed by atoms with Crippen LogP contribution < -0.4 is 11.1 Å². The van der Waals surface area contributed by atoms with Gasteiger partial charge in [0.1, 0.15) is 11.7 Å². The lowest BCUT2D eigenvalue weighted by Crippen LogP contribution is -2.62. The number of halogens is 1. The molecule has 174 valence electrons. The van der Waals surface area contributed by atoms with Crippen LogP contribution in [0.3, 0.4) is 0 Å². The number of hydrogen-bond acceptors (Lipinski definition) is 8. The van der Waals surface area contributed by atoms with Crippen LogP contribution in [0.4, 0.5) is 16.2 Å². The Balaban J connectivity index is 0.000000162. The van der Waals surface area contributed by atoms with E-state index in [-0.39, 0.29) is 5.54 Å². The molecule has 2 fully saturated rings. The van der Waals surface area contributed by atoms with E-state index in [1.54, 1.807) is 22.3 Å². The van der Waals surface area contributed by atoms with E-state index in [4.69, 9.17) is 10.5 Å². The highest BCUT2D eigenvalue weighted by Gasteiger charge is 2.41. The molecule has 0 amide bonds. The second kappa shape index (κ2) is 8.56. The van der Waals surface area contributed by atoms with Crippen molar-refractivity contribution < 1.29 is 9.13 Å². The van der Waals surface area contributed by atoms with Gasteiger partial charge in [0.15, 0.2) is 11.5 Å². The minimum absolute atomic E-state index is 0.144. The number of hydrogen-bond donors (Lipinski definition) is 2. The number of piperidine rings is 1. The molecule has 1 atom stereocenters. The van der Waals surface area contributed by atoms with Crippen molar-refractivity contribution >= 4 is 22.9 Å². The standard InChI is InChI=1S/C13H12N8.C9H16FNO/c1-15-13-18-12(14)11-8(3-6-21(11)19-13)9-4-7-20-10(17-9)2-5-16-20;1-9(6-12-7-9)11-4-2-3-8(10)5-11/h2-7H,1H3,(H3,14,15,18,19);8H,2-7H2,1H3/t;8-/m.1/s1. The van der Waals surface area contributed by atoms with E-state index in [1.807, 2.05) is 30.6 Å². The summed E-state index contributed by atoms with van der Waals surface area (Å²) in [7, 11) is 1.75. The van der Waals surface area contributed by atoms with Crippen molar-refractivity contribution in [3.05, 3.63) is 36.8 Å². The van der Waals surface area contributed by atoms with Crippen LogP contribution in [0.5, 0.6) is 0 Å². The summed E-state index contributed by atoms with van der Waals surface area (Å²) in [5.41, 5.74) is 9.40. The molecule has 3 N–H and O–H groups in total. The maximum atomic E-state index is 13.0. The lowest BCUT2D eigenvalue weighted by Gasteiger charge is -2.49. The monoisotopic (exact) mass is 453 g/mol. The van der Waals surface area contributed by atoms with Crippen molar-refractivity contribution in [1.29, 1.82) is 0 Å². The summed E-state index contributed by atoms with van der Waals surface area (Å²) >= 11 is 0. The van der Waals surface area contributed by atoms with Crippen molar-refractivity contribution in [2.45, 2.75) is 31.5 Å². The van der Waals surface area contributed by atoms with Gasteiger partial charge in [-0.15, -0.1) is 5.10 Å². The van der Waals surface area contributed by atoms with E-state index in [0.717, 1.165) is 55.0 Å². The van der Waals surface area contributed by atoms with Crippen LogP contribution in [0.2, 0.25) is 0 Å².